The van der Waals surface area contributed by atoms with Gasteiger partial charge in [0.2, 0.25) is 10.0 Å². The van der Waals surface area contributed by atoms with Crippen molar-refractivity contribution in [3.63, 3.8) is 0 Å². The van der Waals surface area contributed by atoms with Crippen molar-refractivity contribution < 1.29 is 22.0 Å². The number of rotatable bonds is 3. The SMILES string of the molecule is Cn1c(C(=O)N2CCN(S(=O)(=O)c3cc(F)ccc3F)CC2)c(Cl)c2ccccc21. The van der Waals surface area contributed by atoms with Gasteiger partial charge in [-0.15, -0.1) is 0 Å². The Morgan fingerprint density at radius 3 is 2.37 bits per heavy atom. The lowest BCUT2D eigenvalue weighted by Gasteiger charge is -2.34. The Morgan fingerprint density at radius 2 is 1.70 bits per heavy atom. The van der Waals surface area contributed by atoms with E-state index in [1.54, 1.807) is 11.6 Å². The van der Waals surface area contributed by atoms with Crippen LogP contribution in [0.4, 0.5) is 8.78 Å². The minimum atomic E-state index is -4.22. The molecule has 0 N–H and O–H groups in total. The van der Waals surface area contributed by atoms with E-state index in [9.17, 15) is 22.0 Å². The summed E-state index contributed by atoms with van der Waals surface area (Å²) in [6.45, 7) is 0.136. The third-order valence-electron chi connectivity index (χ3n) is 5.28. The molecule has 4 rings (SSSR count). The van der Waals surface area contributed by atoms with E-state index < -0.39 is 26.6 Å². The minimum absolute atomic E-state index is 0.0361. The number of halogens is 3. The average molecular weight is 454 g/mol. The molecule has 2 aromatic carbocycles. The normalized spacial score (nSPS) is 15.7. The second-order valence-corrected chi connectivity index (χ2v) is 9.29. The molecule has 0 unspecified atom stereocenters. The number of para-hydroxylation sites is 1. The summed E-state index contributed by atoms with van der Waals surface area (Å²) in [5.74, 6) is -2.17. The monoisotopic (exact) mass is 453 g/mol. The maximum absolute atomic E-state index is 14.0. The number of sulfonamides is 1. The molecule has 1 aliphatic heterocycles. The van der Waals surface area contributed by atoms with Gasteiger partial charge in [0.05, 0.1) is 5.02 Å². The predicted molar refractivity (Wildman–Crippen MR) is 109 cm³/mol. The first-order valence-electron chi connectivity index (χ1n) is 9.19. The fraction of sp³-hybridized carbons (Fsp3) is 0.250. The largest absolute Gasteiger partial charge is 0.338 e. The lowest BCUT2D eigenvalue weighted by Crippen LogP contribution is -2.50. The Balaban J connectivity index is 1.55. The standard InChI is InChI=1S/C20H18ClF2N3O3S/c1-24-16-5-3-2-4-14(16)18(21)19(24)20(27)25-8-10-26(11-9-25)30(28,29)17-12-13(22)6-7-15(17)23/h2-7,12H,8-11H2,1H3. The van der Waals surface area contributed by atoms with Crippen molar-refractivity contribution in [2.45, 2.75) is 4.90 Å². The molecule has 1 saturated heterocycles. The Hall–Kier alpha value is -2.49. The zero-order chi connectivity index (χ0) is 21.6. The van der Waals surface area contributed by atoms with Crippen molar-refractivity contribution in [1.29, 1.82) is 0 Å². The number of amides is 1. The van der Waals surface area contributed by atoms with Crippen molar-refractivity contribution in [3.8, 4) is 0 Å². The van der Waals surface area contributed by atoms with E-state index in [4.69, 9.17) is 11.6 Å². The maximum Gasteiger partial charge on any atom is 0.272 e. The Labute approximate surface area is 177 Å². The van der Waals surface area contributed by atoms with Gasteiger partial charge >= 0.3 is 0 Å². The average Bonchev–Trinajstić information content (AvgIpc) is 3.00. The van der Waals surface area contributed by atoms with Gasteiger partial charge in [-0.05, 0) is 24.3 Å². The number of hydrogen-bond donors (Lipinski definition) is 0. The van der Waals surface area contributed by atoms with E-state index in [0.717, 1.165) is 27.3 Å². The molecule has 0 radical (unpaired) electrons. The zero-order valence-corrected chi connectivity index (χ0v) is 17.6. The molecular weight excluding hydrogens is 436 g/mol. The van der Waals surface area contributed by atoms with Crippen molar-refractivity contribution >= 4 is 38.4 Å². The molecule has 0 saturated carbocycles. The van der Waals surface area contributed by atoms with Crippen LogP contribution in [-0.4, -0.2) is 54.3 Å². The summed E-state index contributed by atoms with van der Waals surface area (Å²) in [5.41, 5.74) is 1.14. The number of nitrogens with zero attached hydrogens (tertiary/aromatic N) is 3. The topological polar surface area (TPSA) is 62.6 Å². The zero-order valence-electron chi connectivity index (χ0n) is 16.0. The number of benzene rings is 2. The van der Waals surface area contributed by atoms with Crippen LogP contribution in [0.15, 0.2) is 47.4 Å². The third-order valence-corrected chi connectivity index (χ3v) is 7.58. The van der Waals surface area contributed by atoms with E-state index in [0.29, 0.717) is 16.8 Å². The molecule has 0 spiro atoms. The molecule has 1 fully saturated rings. The number of aryl methyl sites for hydroxylation is 1. The highest BCUT2D eigenvalue weighted by atomic mass is 35.5. The van der Waals surface area contributed by atoms with Crippen LogP contribution >= 0.6 is 11.6 Å². The Bertz CT molecular complexity index is 1210. The molecule has 1 amide bonds. The van der Waals surface area contributed by atoms with Gasteiger partial charge in [0.25, 0.3) is 5.91 Å². The smallest absolute Gasteiger partial charge is 0.272 e. The summed E-state index contributed by atoms with van der Waals surface area (Å²) in [4.78, 5) is 13.9. The lowest BCUT2D eigenvalue weighted by molar-refractivity contribution is 0.0689. The van der Waals surface area contributed by atoms with Gasteiger partial charge < -0.3 is 9.47 Å². The first-order valence-corrected chi connectivity index (χ1v) is 11.0. The number of carbonyl (C=O) groups excluding carboxylic acids is 1. The third kappa shape index (κ3) is 3.36. The summed E-state index contributed by atoms with van der Waals surface area (Å²) >= 11 is 6.44. The highest BCUT2D eigenvalue weighted by Gasteiger charge is 2.34. The van der Waals surface area contributed by atoms with E-state index in [-0.39, 0.29) is 32.1 Å². The number of hydrogen-bond acceptors (Lipinski definition) is 3. The van der Waals surface area contributed by atoms with Crippen LogP contribution in [0.5, 0.6) is 0 Å². The molecular formula is C20H18ClF2N3O3S. The number of piperazine rings is 1. The van der Waals surface area contributed by atoms with Gasteiger partial charge in [0.15, 0.2) is 0 Å². The van der Waals surface area contributed by atoms with Crippen LogP contribution in [-0.2, 0) is 17.1 Å². The second kappa shape index (κ2) is 7.64. The Kier molecular flexibility index (Phi) is 5.29. The van der Waals surface area contributed by atoms with Gasteiger partial charge in [0, 0.05) is 44.1 Å². The molecule has 10 heteroatoms. The number of carbonyl (C=O) groups is 1. The van der Waals surface area contributed by atoms with E-state index in [1.807, 2.05) is 24.3 Å². The second-order valence-electron chi connectivity index (χ2n) is 7.01. The minimum Gasteiger partial charge on any atom is -0.338 e. The highest BCUT2D eigenvalue weighted by Crippen LogP contribution is 2.31. The van der Waals surface area contributed by atoms with E-state index in [1.165, 1.54) is 4.90 Å². The van der Waals surface area contributed by atoms with Crippen molar-refractivity contribution in [1.82, 2.24) is 13.8 Å². The summed E-state index contributed by atoms with van der Waals surface area (Å²) in [5, 5.41) is 1.10. The molecule has 1 aliphatic rings. The highest BCUT2D eigenvalue weighted by molar-refractivity contribution is 7.89. The molecule has 2 heterocycles. The Morgan fingerprint density at radius 1 is 1.03 bits per heavy atom. The van der Waals surface area contributed by atoms with Gasteiger partial charge in [-0.2, -0.15) is 4.31 Å². The van der Waals surface area contributed by atoms with Crippen LogP contribution < -0.4 is 0 Å². The molecule has 30 heavy (non-hydrogen) atoms. The molecule has 3 aromatic rings. The van der Waals surface area contributed by atoms with Crippen LogP contribution in [0.1, 0.15) is 10.5 Å². The molecule has 0 bridgehead atoms. The maximum atomic E-state index is 14.0. The van der Waals surface area contributed by atoms with Gasteiger partial charge in [-0.1, -0.05) is 29.8 Å². The van der Waals surface area contributed by atoms with Crippen LogP contribution in [0, 0.1) is 11.6 Å². The van der Waals surface area contributed by atoms with Crippen molar-refractivity contribution in [3.05, 3.63) is 64.8 Å². The van der Waals surface area contributed by atoms with Gasteiger partial charge in [-0.25, -0.2) is 17.2 Å². The quantitative estimate of drug-likeness (QED) is 0.611. The summed E-state index contributed by atoms with van der Waals surface area (Å²) < 4.78 is 55.6. The lowest BCUT2D eigenvalue weighted by atomic mass is 10.2. The number of aromatic nitrogens is 1. The molecule has 0 atom stereocenters. The molecule has 0 aliphatic carbocycles. The van der Waals surface area contributed by atoms with E-state index in [2.05, 4.69) is 0 Å². The fourth-order valence-corrected chi connectivity index (χ4v) is 5.55. The number of fused-ring (bicyclic) bond motifs is 1. The predicted octanol–water partition coefficient (Wildman–Crippen LogP) is 3.26. The van der Waals surface area contributed by atoms with Gasteiger partial charge in [0.1, 0.15) is 22.2 Å². The molecule has 1 aromatic heterocycles. The first kappa shape index (κ1) is 20.8. The van der Waals surface area contributed by atoms with Crippen molar-refractivity contribution in [2.24, 2.45) is 7.05 Å². The fourth-order valence-electron chi connectivity index (χ4n) is 3.68. The van der Waals surface area contributed by atoms with Crippen LogP contribution in [0.25, 0.3) is 10.9 Å². The van der Waals surface area contributed by atoms with Gasteiger partial charge in [-0.3, -0.25) is 4.79 Å². The van der Waals surface area contributed by atoms with Crippen LogP contribution in [0.2, 0.25) is 5.02 Å². The molecule has 6 nitrogen and oxygen atoms in total. The summed E-state index contributed by atoms with van der Waals surface area (Å²) in [6.07, 6.45) is 0. The van der Waals surface area contributed by atoms with Crippen LogP contribution in [0.3, 0.4) is 0 Å². The summed E-state index contributed by atoms with van der Waals surface area (Å²) in [7, 11) is -2.47. The molecule has 158 valence electrons. The van der Waals surface area contributed by atoms with E-state index >= 15 is 0 Å². The first-order chi connectivity index (χ1) is 14.2. The van der Waals surface area contributed by atoms with Crippen molar-refractivity contribution in [2.75, 3.05) is 26.2 Å². The summed E-state index contributed by atoms with van der Waals surface area (Å²) in [6, 6.07) is 9.67.